The van der Waals surface area contributed by atoms with Crippen LogP contribution < -0.4 is 5.32 Å². The fraction of sp³-hybridized carbons (Fsp3) is 0.923. The Morgan fingerprint density at radius 3 is 2.53 bits per heavy atom. The predicted octanol–water partition coefficient (Wildman–Crippen LogP) is 2.32. The molecular formula is C13H26N2OS. The van der Waals surface area contributed by atoms with Crippen LogP contribution in [-0.4, -0.2) is 41.1 Å². The summed E-state index contributed by atoms with van der Waals surface area (Å²) in [6, 6.07) is 0.0350. The van der Waals surface area contributed by atoms with Crippen molar-refractivity contribution in [3.8, 4) is 0 Å². The highest BCUT2D eigenvalue weighted by atomic mass is 32.2. The largest absolute Gasteiger partial charge is 0.325 e. The van der Waals surface area contributed by atoms with Gasteiger partial charge in [-0.3, -0.25) is 10.1 Å². The van der Waals surface area contributed by atoms with Crippen molar-refractivity contribution in [3.05, 3.63) is 0 Å². The van der Waals surface area contributed by atoms with Gasteiger partial charge in [-0.25, -0.2) is 0 Å². The van der Waals surface area contributed by atoms with Crippen LogP contribution in [0.5, 0.6) is 0 Å². The lowest BCUT2D eigenvalue weighted by Crippen LogP contribution is -2.41. The molecule has 3 nitrogen and oxygen atoms in total. The van der Waals surface area contributed by atoms with E-state index in [1.165, 1.54) is 0 Å². The van der Waals surface area contributed by atoms with Crippen molar-refractivity contribution < 1.29 is 4.79 Å². The van der Waals surface area contributed by atoms with E-state index in [-0.39, 0.29) is 12.2 Å². The summed E-state index contributed by atoms with van der Waals surface area (Å²) in [5.41, 5.74) is 0. The van der Waals surface area contributed by atoms with Gasteiger partial charge in [-0.15, -0.1) is 0 Å². The number of carbonyl (C=O) groups excluding carboxylic acids is 1. The molecule has 3 unspecified atom stereocenters. The third kappa shape index (κ3) is 3.88. The molecule has 1 rings (SSSR count). The van der Waals surface area contributed by atoms with Crippen LogP contribution >= 0.6 is 11.8 Å². The number of hydrogen-bond acceptors (Lipinski definition) is 3. The van der Waals surface area contributed by atoms with Gasteiger partial charge in [0.1, 0.15) is 0 Å². The molecule has 1 aliphatic rings. The van der Waals surface area contributed by atoms with Gasteiger partial charge in [0, 0.05) is 11.8 Å². The molecule has 0 saturated carbocycles. The molecule has 3 atom stereocenters. The summed E-state index contributed by atoms with van der Waals surface area (Å²) in [6.45, 7) is 9.54. The highest BCUT2D eigenvalue weighted by molar-refractivity contribution is 7.99. The van der Waals surface area contributed by atoms with Crippen molar-refractivity contribution in [3.63, 3.8) is 0 Å². The topological polar surface area (TPSA) is 32.3 Å². The number of hydrogen-bond donors (Lipinski definition) is 1. The lowest BCUT2D eigenvalue weighted by atomic mass is 10.1. The first kappa shape index (κ1) is 14.8. The molecule has 1 aliphatic heterocycles. The third-order valence-electron chi connectivity index (χ3n) is 3.31. The van der Waals surface area contributed by atoms with Crippen molar-refractivity contribution in [2.45, 2.75) is 58.0 Å². The van der Waals surface area contributed by atoms with Gasteiger partial charge in [0.05, 0.1) is 12.2 Å². The lowest BCUT2D eigenvalue weighted by molar-refractivity contribution is -0.130. The third-order valence-corrected chi connectivity index (χ3v) is 4.26. The van der Waals surface area contributed by atoms with Gasteiger partial charge in [0.15, 0.2) is 0 Å². The summed E-state index contributed by atoms with van der Waals surface area (Å²) < 4.78 is 0. The first-order chi connectivity index (χ1) is 7.99. The van der Waals surface area contributed by atoms with Crippen molar-refractivity contribution >= 4 is 17.7 Å². The Bertz CT molecular complexity index is 258. The number of carbonyl (C=O) groups is 1. The Labute approximate surface area is 110 Å². The standard InChI is InChI=1S/C13H26N2OS/c1-6-11-13(16)15(8-10(4)17-5)12(14-11)7-9(2)3/h9-12,14H,6-8H2,1-5H3. The van der Waals surface area contributed by atoms with E-state index in [9.17, 15) is 4.79 Å². The quantitative estimate of drug-likeness (QED) is 0.793. The van der Waals surface area contributed by atoms with E-state index in [0.717, 1.165) is 19.4 Å². The second-order valence-electron chi connectivity index (χ2n) is 5.31. The maximum atomic E-state index is 12.2. The van der Waals surface area contributed by atoms with Gasteiger partial charge in [-0.2, -0.15) is 11.8 Å². The van der Waals surface area contributed by atoms with E-state index < -0.39 is 0 Å². The van der Waals surface area contributed by atoms with Crippen LogP contribution in [0.4, 0.5) is 0 Å². The number of thioether (sulfide) groups is 1. The molecule has 17 heavy (non-hydrogen) atoms. The fourth-order valence-electron chi connectivity index (χ4n) is 2.25. The van der Waals surface area contributed by atoms with Crippen LogP contribution in [0.15, 0.2) is 0 Å². The molecule has 0 spiro atoms. The first-order valence-electron chi connectivity index (χ1n) is 6.58. The Morgan fingerprint density at radius 2 is 2.06 bits per heavy atom. The van der Waals surface area contributed by atoms with Crippen LogP contribution in [0.2, 0.25) is 0 Å². The summed E-state index contributed by atoms with van der Waals surface area (Å²) in [7, 11) is 0. The van der Waals surface area contributed by atoms with Crippen LogP contribution in [0.25, 0.3) is 0 Å². The molecule has 0 aromatic rings. The van der Waals surface area contributed by atoms with Gasteiger partial charge in [0.25, 0.3) is 0 Å². The summed E-state index contributed by atoms with van der Waals surface area (Å²) in [4.78, 5) is 14.3. The Kier molecular flexibility index (Phi) is 5.80. The van der Waals surface area contributed by atoms with Gasteiger partial charge < -0.3 is 4.90 Å². The molecule has 1 heterocycles. The van der Waals surface area contributed by atoms with Crippen LogP contribution in [0, 0.1) is 5.92 Å². The van der Waals surface area contributed by atoms with Crippen LogP contribution in [0.1, 0.15) is 40.5 Å². The van der Waals surface area contributed by atoms with Crippen molar-refractivity contribution in [2.75, 3.05) is 12.8 Å². The lowest BCUT2D eigenvalue weighted by Gasteiger charge is -2.27. The van der Waals surface area contributed by atoms with E-state index in [1.807, 2.05) is 11.8 Å². The Balaban J connectivity index is 2.69. The zero-order chi connectivity index (χ0) is 13.0. The van der Waals surface area contributed by atoms with E-state index in [0.29, 0.717) is 17.1 Å². The molecule has 0 aromatic heterocycles. The second kappa shape index (κ2) is 6.64. The van der Waals surface area contributed by atoms with Crippen molar-refractivity contribution in [1.82, 2.24) is 10.2 Å². The van der Waals surface area contributed by atoms with E-state index in [4.69, 9.17) is 0 Å². The van der Waals surface area contributed by atoms with E-state index in [1.54, 1.807) is 0 Å². The minimum atomic E-state index is 0.0350. The highest BCUT2D eigenvalue weighted by Gasteiger charge is 2.38. The summed E-state index contributed by atoms with van der Waals surface area (Å²) in [5.74, 6) is 0.905. The van der Waals surface area contributed by atoms with E-state index >= 15 is 0 Å². The molecular weight excluding hydrogens is 232 g/mol. The summed E-state index contributed by atoms with van der Waals surface area (Å²) >= 11 is 1.82. The minimum absolute atomic E-state index is 0.0350. The molecule has 1 saturated heterocycles. The summed E-state index contributed by atoms with van der Waals surface area (Å²) in [5, 5.41) is 3.97. The van der Waals surface area contributed by atoms with Crippen LogP contribution in [0.3, 0.4) is 0 Å². The van der Waals surface area contributed by atoms with Gasteiger partial charge >= 0.3 is 0 Å². The monoisotopic (exact) mass is 258 g/mol. The Morgan fingerprint density at radius 1 is 1.41 bits per heavy atom. The SMILES string of the molecule is CCC1NC(CC(C)C)N(CC(C)SC)C1=O. The van der Waals surface area contributed by atoms with E-state index in [2.05, 4.69) is 44.2 Å². The minimum Gasteiger partial charge on any atom is -0.325 e. The van der Waals surface area contributed by atoms with Gasteiger partial charge in [0.2, 0.25) is 5.91 Å². The van der Waals surface area contributed by atoms with Crippen molar-refractivity contribution in [1.29, 1.82) is 0 Å². The fourth-order valence-corrected chi connectivity index (χ4v) is 2.56. The maximum Gasteiger partial charge on any atom is 0.241 e. The number of amides is 1. The zero-order valence-corrected chi connectivity index (χ0v) is 12.5. The molecule has 1 amide bonds. The first-order valence-corrected chi connectivity index (χ1v) is 7.87. The maximum absolute atomic E-state index is 12.2. The highest BCUT2D eigenvalue weighted by Crippen LogP contribution is 2.21. The average Bonchev–Trinajstić information content (AvgIpc) is 2.56. The molecule has 1 N–H and O–H groups in total. The zero-order valence-electron chi connectivity index (χ0n) is 11.7. The normalized spacial score (nSPS) is 26.9. The molecule has 4 heteroatoms. The number of rotatable bonds is 6. The molecule has 0 radical (unpaired) electrons. The van der Waals surface area contributed by atoms with Gasteiger partial charge in [-0.05, 0) is 25.0 Å². The van der Waals surface area contributed by atoms with Crippen molar-refractivity contribution in [2.24, 2.45) is 5.92 Å². The van der Waals surface area contributed by atoms with Gasteiger partial charge in [-0.1, -0.05) is 27.7 Å². The molecule has 0 aromatic carbocycles. The molecule has 100 valence electrons. The smallest absolute Gasteiger partial charge is 0.241 e. The molecule has 0 bridgehead atoms. The Hall–Kier alpha value is -0.220. The van der Waals surface area contributed by atoms with Crippen LogP contribution in [-0.2, 0) is 4.79 Å². The summed E-state index contributed by atoms with van der Waals surface area (Å²) in [6.07, 6.45) is 4.27. The predicted molar refractivity (Wildman–Crippen MR) is 75.1 cm³/mol. The molecule has 1 fully saturated rings. The molecule has 0 aliphatic carbocycles. The average molecular weight is 258 g/mol. The number of nitrogens with zero attached hydrogens (tertiary/aromatic N) is 1. The second-order valence-corrected chi connectivity index (χ2v) is 6.59. The number of nitrogens with one attached hydrogen (secondary N) is 1.